The van der Waals surface area contributed by atoms with Gasteiger partial charge in [-0.05, 0) is 18.2 Å². The van der Waals surface area contributed by atoms with Crippen molar-refractivity contribution in [1.82, 2.24) is 0 Å². The highest BCUT2D eigenvalue weighted by molar-refractivity contribution is 7.21. The Kier molecular flexibility index (Phi) is 2.00. The molecule has 0 fully saturated rings. The summed E-state index contributed by atoms with van der Waals surface area (Å²) in [5, 5.41) is 10.0. The zero-order valence-corrected chi connectivity index (χ0v) is 8.19. The Hall–Kier alpha value is -1.42. The second-order valence-corrected chi connectivity index (χ2v) is 4.03. The molecule has 0 amide bonds. The number of ketones is 1. The number of aromatic hydroxyl groups is 1. The zero-order chi connectivity index (χ0) is 10.3. The van der Waals surface area contributed by atoms with Crippen molar-refractivity contribution in [2.45, 2.75) is 6.92 Å². The first-order valence-corrected chi connectivity index (χ1v) is 4.83. The maximum absolute atomic E-state index is 12.8. The molecule has 0 aliphatic rings. The van der Waals surface area contributed by atoms with E-state index in [2.05, 4.69) is 0 Å². The zero-order valence-electron chi connectivity index (χ0n) is 7.37. The highest BCUT2D eigenvalue weighted by atomic mass is 32.1. The molecule has 0 spiro atoms. The van der Waals surface area contributed by atoms with E-state index in [1.807, 2.05) is 0 Å². The molecule has 1 aromatic heterocycles. The molecule has 0 saturated carbocycles. The van der Waals surface area contributed by atoms with Crippen LogP contribution in [0.2, 0.25) is 0 Å². The molecule has 2 nitrogen and oxygen atoms in total. The van der Waals surface area contributed by atoms with E-state index < -0.39 is 5.82 Å². The van der Waals surface area contributed by atoms with Crippen LogP contribution in [0.1, 0.15) is 16.6 Å². The fourth-order valence-corrected chi connectivity index (χ4v) is 2.27. The van der Waals surface area contributed by atoms with Gasteiger partial charge in [0.05, 0.1) is 0 Å². The molecule has 1 aromatic carbocycles. The van der Waals surface area contributed by atoms with Crippen molar-refractivity contribution in [3.8, 4) is 5.75 Å². The lowest BCUT2D eigenvalue weighted by molar-refractivity contribution is 0.101. The Labute approximate surface area is 83.6 Å². The molecule has 72 valence electrons. The van der Waals surface area contributed by atoms with Crippen LogP contribution in [0.3, 0.4) is 0 Å². The van der Waals surface area contributed by atoms with Gasteiger partial charge in [0, 0.05) is 17.0 Å². The van der Waals surface area contributed by atoms with Crippen molar-refractivity contribution in [2.24, 2.45) is 0 Å². The normalized spacial score (nSPS) is 10.7. The average Bonchev–Trinajstić information content (AvgIpc) is 2.44. The van der Waals surface area contributed by atoms with Crippen molar-refractivity contribution in [2.75, 3.05) is 0 Å². The van der Waals surface area contributed by atoms with Crippen LogP contribution in [0.15, 0.2) is 18.2 Å². The Bertz CT molecular complexity index is 516. The molecule has 0 bridgehead atoms. The topological polar surface area (TPSA) is 37.3 Å². The Morgan fingerprint density at radius 2 is 2.21 bits per heavy atom. The number of hydrogen-bond acceptors (Lipinski definition) is 3. The lowest BCUT2D eigenvalue weighted by atomic mass is 10.2. The highest BCUT2D eigenvalue weighted by Crippen LogP contribution is 2.37. The lowest BCUT2D eigenvalue weighted by Gasteiger charge is -1.91. The quantitative estimate of drug-likeness (QED) is 0.735. The summed E-state index contributed by atoms with van der Waals surface area (Å²) in [6.07, 6.45) is 0. The average molecular weight is 210 g/mol. The van der Waals surface area contributed by atoms with Gasteiger partial charge in [-0.1, -0.05) is 0 Å². The lowest BCUT2D eigenvalue weighted by Crippen LogP contribution is -1.85. The van der Waals surface area contributed by atoms with Gasteiger partial charge in [0.1, 0.15) is 16.4 Å². The minimum Gasteiger partial charge on any atom is -0.506 e. The minimum atomic E-state index is -0.416. The summed E-state index contributed by atoms with van der Waals surface area (Å²) in [6.45, 7) is 1.38. The van der Waals surface area contributed by atoms with Crippen molar-refractivity contribution >= 4 is 27.2 Å². The van der Waals surface area contributed by atoms with Gasteiger partial charge in [-0.2, -0.15) is 0 Å². The van der Waals surface area contributed by atoms with Crippen molar-refractivity contribution in [3.63, 3.8) is 0 Å². The molecule has 0 radical (unpaired) electrons. The summed E-state index contributed by atoms with van der Waals surface area (Å²) >= 11 is 1.17. The highest BCUT2D eigenvalue weighted by Gasteiger charge is 2.14. The first-order chi connectivity index (χ1) is 6.59. The SMILES string of the molecule is CC(=O)c1sc2ccc(F)cc2c1O. The van der Waals surface area contributed by atoms with Gasteiger partial charge in [0.2, 0.25) is 0 Å². The summed E-state index contributed by atoms with van der Waals surface area (Å²) in [5.41, 5.74) is 0. The van der Waals surface area contributed by atoms with Crippen molar-refractivity contribution in [1.29, 1.82) is 0 Å². The molecular weight excluding hydrogens is 203 g/mol. The number of thiophene rings is 1. The van der Waals surface area contributed by atoms with Gasteiger partial charge in [-0.25, -0.2) is 4.39 Å². The van der Waals surface area contributed by atoms with Crippen LogP contribution in [0.4, 0.5) is 4.39 Å². The summed E-state index contributed by atoms with van der Waals surface area (Å²) in [6, 6.07) is 4.09. The molecule has 1 N–H and O–H groups in total. The first kappa shape index (κ1) is 9.15. The van der Waals surface area contributed by atoms with E-state index in [1.54, 1.807) is 6.07 Å². The molecule has 1 heterocycles. The third kappa shape index (κ3) is 1.28. The molecule has 2 rings (SSSR count). The van der Waals surface area contributed by atoms with Gasteiger partial charge in [0.15, 0.2) is 5.78 Å². The van der Waals surface area contributed by atoms with Gasteiger partial charge in [-0.3, -0.25) is 4.79 Å². The van der Waals surface area contributed by atoms with Crippen LogP contribution in [-0.4, -0.2) is 10.9 Å². The van der Waals surface area contributed by atoms with E-state index in [0.29, 0.717) is 10.1 Å². The summed E-state index contributed by atoms with van der Waals surface area (Å²) in [7, 11) is 0. The van der Waals surface area contributed by atoms with Gasteiger partial charge < -0.3 is 5.11 Å². The summed E-state index contributed by atoms with van der Waals surface area (Å²) in [4.78, 5) is 11.4. The summed E-state index contributed by atoms with van der Waals surface area (Å²) < 4.78 is 13.6. The van der Waals surface area contributed by atoms with Crippen LogP contribution in [-0.2, 0) is 0 Å². The van der Waals surface area contributed by atoms with E-state index in [9.17, 15) is 14.3 Å². The molecule has 14 heavy (non-hydrogen) atoms. The molecule has 2 aromatic rings. The third-order valence-corrected chi connectivity index (χ3v) is 3.20. The largest absolute Gasteiger partial charge is 0.506 e. The molecule has 0 aliphatic heterocycles. The van der Waals surface area contributed by atoms with Crippen molar-refractivity contribution in [3.05, 3.63) is 28.9 Å². The molecule has 0 unspecified atom stereocenters. The summed E-state index contributed by atoms with van der Waals surface area (Å²) in [5.74, 6) is -0.734. The number of halogens is 1. The van der Waals surface area contributed by atoms with Crippen LogP contribution in [0.25, 0.3) is 10.1 Å². The first-order valence-electron chi connectivity index (χ1n) is 4.01. The molecule has 0 atom stereocenters. The predicted molar refractivity (Wildman–Crippen MR) is 53.5 cm³/mol. The van der Waals surface area contributed by atoms with Gasteiger partial charge in [0.25, 0.3) is 0 Å². The van der Waals surface area contributed by atoms with Crippen LogP contribution in [0, 0.1) is 5.82 Å². The Morgan fingerprint density at radius 1 is 1.50 bits per heavy atom. The Balaban J connectivity index is 2.80. The van der Waals surface area contributed by atoms with E-state index in [0.717, 1.165) is 0 Å². The second-order valence-electron chi connectivity index (χ2n) is 2.98. The van der Waals surface area contributed by atoms with Crippen molar-refractivity contribution < 1.29 is 14.3 Å². The number of Topliss-reactive ketones (excluding diaryl/α,β-unsaturated/α-hetero) is 1. The number of rotatable bonds is 1. The maximum Gasteiger partial charge on any atom is 0.173 e. The number of carbonyl (C=O) groups excluding carboxylic acids is 1. The number of carbonyl (C=O) groups is 1. The molecule has 0 aliphatic carbocycles. The standard InChI is InChI=1S/C10H7FO2S/c1-5(12)10-9(13)7-4-6(11)2-3-8(7)14-10/h2-4,13H,1H3. The maximum atomic E-state index is 12.8. The molecule has 4 heteroatoms. The van der Waals surface area contributed by atoms with Crippen LogP contribution >= 0.6 is 11.3 Å². The van der Waals surface area contributed by atoms with E-state index >= 15 is 0 Å². The number of benzene rings is 1. The monoisotopic (exact) mass is 210 g/mol. The van der Waals surface area contributed by atoms with Gasteiger partial charge in [-0.15, -0.1) is 11.3 Å². The molecule has 0 saturated heterocycles. The minimum absolute atomic E-state index is 0.114. The predicted octanol–water partition coefficient (Wildman–Crippen LogP) is 2.95. The van der Waals surface area contributed by atoms with Crippen LogP contribution in [0.5, 0.6) is 5.75 Å². The number of fused-ring (bicyclic) bond motifs is 1. The second kappa shape index (κ2) is 3.06. The third-order valence-electron chi connectivity index (χ3n) is 1.94. The van der Waals surface area contributed by atoms with E-state index in [1.165, 1.54) is 30.4 Å². The van der Waals surface area contributed by atoms with Crippen LogP contribution < -0.4 is 0 Å². The fourth-order valence-electron chi connectivity index (χ4n) is 1.30. The molecular formula is C10H7FO2S. The van der Waals surface area contributed by atoms with E-state index in [4.69, 9.17) is 0 Å². The Morgan fingerprint density at radius 3 is 2.86 bits per heavy atom. The fraction of sp³-hybridized carbons (Fsp3) is 0.100. The van der Waals surface area contributed by atoms with E-state index in [-0.39, 0.29) is 16.4 Å². The smallest absolute Gasteiger partial charge is 0.173 e. The van der Waals surface area contributed by atoms with Gasteiger partial charge >= 0.3 is 0 Å². The number of hydrogen-bond donors (Lipinski definition) is 1.